The van der Waals surface area contributed by atoms with Gasteiger partial charge in [0.15, 0.2) is 0 Å². The number of benzene rings is 3. The third-order valence-electron chi connectivity index (χ3n) is 5.21. The zero-order valence-corrected chi connectivity index (χ0v) is 13.1. The molecule has 0 N–H and O–H groups in total. The Hall–Kier alpha value is -2.08. The fourth-order valence-corrected chi connectivity index (χ4v) is 4.14. The van der Waals surface area contributed by atoms with Crippen LogP contribution in [0.15, 0.2) is 48.5 Å². The van der Waals surface area contributed by atoms with Crippen molar-refractivity contribution in [2.45, 2.75) is 33.1 Å². The van der Waals surface area contributed by atoms with Gasteiger partial charge in [0.05, 0.1) is 0 Å². The molecule has 3 aromatic carbocycles. The predicted molar refractivity (Wildman–Crippen MR) is 91.0 cm³/mol. The van der Waals surface area contributed by atoms with Gasteiger partial charge in [0.1, 0.15) is 0 Å². The van der Waals surface area contributed by atoms with Crippen LogP contribution in [0.1, 0.15) is 36.1 Å². The maximum atomic E-state index is 2.37. The van der Waals surface area contributed by atoms with Crippen LogP contribution in [-0.4, -0.2) is 0 Å². The number of hydrogen-bond acceptors (Lipinski definition) is 0. The van der Waals surface area contributed by atoms with E-state index in [9.17, 15) is 0 Å². The molecule has 0 amide bonds. The summed E-state index contributed by atoms with van der Waals surface area (Å²) in [4.78, 5) is 0. The van der Waals surface area contributed by atoms with Crippen molar-refractivity contribution in [2.75, 3.05) is 0 Å². The van der Waals surface area contributed by atoms with Crippen LogP contribution in [0.25, 0.3) is 21.9 Å². The molecule has 0 aromatic heterocycles. The number of fused-ring (bicyclic) bond motifs is 5. The molecule has 0 heteroatoms. The van der Waals surface area contributed by atoms with Gasteiger partial charge in [-0.25, -0.2) is 0 Å². The van der Waals surface area contributed by atoms with Crippen molar-refractivity contribution in [1.82, 2.24) is 0 Å². The average molecular weight is 272 g/mol. The standard InChI is InChI=1S/C21H20/c1-13-9-11-17-18-12-10-15-7-5-6-8-16(15)20(18)21(3,4)19(17)14(13)2/h5-12H,1-4H3. The van der Waals surface area contributed by atoms with Gasteiger partial charge in [-0.1, -0.05) is 62.4 Å². The first kappa shape index (κ1) is 12.6. The SMILES string of the molecule is Cc1ccc2c(c1C)C(C)(C)c1c-2ccc2ccccc12. The second-order valence-corrected chi connectivity index (χ2v) is 6.76. The highest BCUT2D eigenvalue weighted by Gasteiger charge is 2.38. The number of hydrogen-bond donors (Lipinski definition) is 0. The molecule has 0 atom stereocenters. The summed E-state index contributed by atoms with van der Waals surface area (Å²) < 4.78 is 0. The van der Waals surface area contributed by atoms with Gasteiger partial charge in [-0.3, -0.25) is 0 Å². The normalized spacial score (nSPS) is 15.0. The topological polar surface area (TPSA) is 0 Å². The molecule has 0 spiro atoms. The van der Waals surface area contributed by atoms with E-state index < -0.39 is 0 Å². The third-order valence-corrected chi connectivity index (χ3v) is 5.21. The Bertz CT molecular complexity index is 882. The van der Waals surface area contributed by atoms with E-state index in [0.29, 0.717) is 0 Å². The Labute approximate surface area is 126 Å². The summed E-state index contributed by atoms with van der Waals surface area (Å²) in [7, 11) is 0. The van der Waals surface area contributed by atoms with Crippen molar-refractivity contribution in [3.8, 4) is 11.1 Å². The van der Waals surface area contributed by atoms with Crippen molar-refractivity contribution in [2.24, 2.45) is 0 Å². The van der Waals surface area contributed by atoms with Gasteiger partial charge < -0.3 is 0 Å². The van der Waals surface area contributed by atoms with Crippen molar-refractivity contribution in [3.05, 3.63) is 70.8 Å². The van der Waals surface area contributed by atoms with Crippen molar-refractivity contribution in [3.63, 3.8) is 0 Å². The monoisotopic (exact) mass is 272 g/mol. The molecule has 0 saturated carbocycles. The zero-order chi connectivity index (χ0) is 14.8. The first-order chi connectivity index (χ1) is 10.0. The maximum Gasteiger partial charge on any atom is 0.0167 e. The fourth-order valence-electron chi connectivity index (χ4n) is 4.14. The van der Waals surface area contributed by atoms with E-state index in [1.807, 2.05) is 0 Å². The lowest BCUT2D eigenvalue weighted by Crippen LogP contribution is -2.17. The quantitative estimate of drug-likeness (QED) is 0.488. The Morgan fingerprint density at radius 3 is 2.19 bits per heavy atom. The third kappa shape index (κ3) is 1.51. The fraction of sp³-hybridized carbons (Fsp3) is 0.238. The summed E-state index contributed by atoms with van der Waals surface area (Å²) in [5.41, 5.74) is 8.73. The largest absolute Gasteiger partial charge is 0.0616 e. The zero-order valence-electron chi connectivity index (χ0n) is 13.1. The smallest absolute Gasteiger partial charge is 0.0167 e. The summed E-state index contributed by atoms with van der Waals surface area (Å²) in [6.07, 6.45) is 0. The van der Waals surface area contributed by atoms with E-state index in [1.54, 1.807) is 0 Å². The van der Waals surface area contributed by atoms with Crippen LogP contribution in [0.3, 0.4) is 0 Å². The van der Waals surface area contributed by atoms with Gasteiger partial charge in [0.2, 0.25) is 0 Å². The van der Waals surface area contributed by atoms with Gasteiger partial charge in [0.25, 0.3) is 0 Å². The van der Waals surface area contributed by atoms with Crippen LogP contribution in [0.5, 0.6) is 0 Å². The lowest BCUT2D eigenvalue weighted by molar-refractivity contribution is 0.660. The summed E-state index contributed by atoms with van der Waals surface area (Å²) >= 11 is 0. The van der Waals surface area contributed by atoms with Gasteiger partial charge in [-0.05, 0) is 58.0 Å². The molecular formula is C21H20. The van der Waals surface area contributed by atoms with E-state index in [4.69, 9.17) is 0 Å². The Morgan fingerprint density at radius 1 is 0.714 bits per heavy atom. The highest BCUT2D eigenvalue weighted by Crippen LogP contribution is 2.52. The minimum absolute atomic E-state index is 0.0711. The molecule has 0 fully saturated rings. The van der Waals surface area contributed by atoms with E-state index >= 15 is 0 Å². The van der Waals surface area contributed by atoms with Crippen LogP contribution in [0.4, 0.5) is 0 Å². The summed E-state index contributed by atoms with van der Waals surface area (Å²) in [6, 6.07) is 17.9. The van der Waals surface area contributed by atoms with Crippen molar-refractivity contribution in [1.29, 1.82) is 0 Å². The summed E-state index contributed by atoms with van der Waals surface area (Å²) in [6.45, 7) is 9.23. The lowest BCUT2D eigenvalue weighted by Gasteiger charge is -2.25. The molecule has 1 aliphatic rings. The summed E-state index contributed by atoms with van der Waals surface area (Å²) in [5, 5.41) is 2.74. The molecule has 1 aliphatic carbocycles. The van der Waals surface area contributed by atoms with Gasteiger partial charge >= 0.3 is 0 Å². The number of aryl methyl sites for hydroxylation is 1. The molecule has 0 nitrogen and oxygen atoms in total. The molecule has 21 heavy (non-hydrogen) atoms. The van der Waals surface area contributed by atoms with Crippen LogP contribution >= 0.6 is 0 Å². The Kier molecular flexibility index (Phi) is 2.39. The molecule has 0 bridgehead atoms. The number of rotatable bonds is 0. The maximum absolute atomic E-state index is 2.37. The van der Waals surface area contributed by atoms with Crippen LogP contribution in [-0.2, 0) is 5.41 Å². The molecular weight excluding hydrogens is 252 g/mol. The minimum atomic E-state index is 0.0711. The molecule has 104 valence electrons. The van der Waals surface area contributed by atoms with Crippen molar-refractivity contribution < 1.29 is 0 Å². The molecule has 0 saturated heterocycles. The van der Waals surface area contributed by atoms with E-state index in [1.165, 1.54) is 44.2 Å². The Morgan fingerprint density at radius 2 is 1.38 bits per heavy atom. The average Bonchev–Trinajstić information content (AvgIpc) is 2.71. The first-order valence-electron chi connectivity index (χ1n) is 7.65. The predicted octanol–water partition coefficient (Wildman–Crippen LogP) is 5.76. The van der Waals surface area contributed by atoms with E-state index in [-0.39, 0.29) is 5.41 Å². The molecule has 0 radical (unpaired) electrons. The first-order valence-corrected chi connectivity index (χ1v) is 7.65. The molecule has 0 aliphatic heterocycles. The van der Waals surface area contributed by atoms with E-state index in [2.05, 4.69) is 76.2 Å². The van der Waals surface area contributed by atoms with Crippen LogP contribution in [0.2, 0.25) is 0 Å². The van der Waals surface area contributed by atoms with Crippen LogP contribution < -0.4 is 0 Å². The minimum Gasteiger partial charge on any atom is -0.0616 e. The second-order valence-electron chi connectivity index (χ2n) is 6.76. The highest BCUT2D eigenvalue weighted by atomic mass is 14.4. The summed E-state index contributed by atoms with van der Waals surface area (Å²) in [5.74, 6) is 0. The molecule has 3 aromatic rings. The van der Waals surface area contributed by atoms with Gasteiger partial charge in [0, 0.05) is 5.41 Å². The van der Waals surface area contributed by atoms with Crippen LogP contribution in [0, 0.1) is 13.8 Å². The highest BCUT2D eigenvalue weighted by molar-refractivity contribution is 5.97. The molecule has 4 rings (SSSR count). The van der Waals surface area contributed by atoms with Gasteiger partial charge in [-0.15, -0.1) is 0 Å². The lowest BCUT2D eigenvalue weighted by atomic mass is 9.78. The second kappa shape index (κ2) is 3.98. The van der Waals surface area contributed by atoms with Crippen molar-refractivity contribution >= 4 is 10.8 Å². The van der Waals surface area contributed by atoms with Gasteiger partial charge in [-0.2, -0.15) is 0 Å². The Balaban J connectivity index is 2.19. The molecule has 0 unspecified atom stereocenters. The van der Waals surface area contributed by atoms with E-state index in [0.717, 1.165) is 0 Å². The molecule has 0 heterocycles.